The molecule has 0 aliphatic rings. The zero-order valence-electron chi connectivity index (χ0n) is 11.9. The summed E-state index contributed by atoms with van der Waals surface area (Å²) >= 11 is 0. The van der Waals surface area contributed by atoms with E-state index in [1.54, 1.807) is 17.7 Å². The molecule has 0 aromatic heterocycles. The van der Waals surface area contributed by atoms with Crippen molar-refractivity contribution in [1.29, 1.82) is 0 Å². The summed E-state index contributed by atoms with van der Waals surface area (Å²) in [5, 5.41) is 0. The Kier molecular flexibility index (Phi) is 6.25. The minimum absolute atomic E-state index is 0.0712. The highest BCUT2D eigenvalue weighted by molar-refractivity contribution is 7.91. The van der Waals surface area contributed by atoms with E-state index in [4.69, 9.17) is 10.5 Å². The number of carbonyl (C=O) groups is 1. The van der Waals surface area contributed by atoms with Crippen molar-refractivity contribution in [2.24, 2.45) is 5.73 Å². The largest absolute Gasteiger partial charge is 0.494 e. The van der Waals surface area contributed by atoms with E-state index in [2.05, 4.69) is 9.46 Å². The summed E-state index contributed by atoms with van der Waals surface area (Å²) in [4.78, 5) is 11.1. The molecule has 1 rings (SSSR count). The van der Waals surface area contributed by atoms with E-state index in [0.717, 1.165) is 0 Å². The van der Waals surface area contributed by atoms with Crippen LogP contribution in [0.2, 0.25) is 0 Å². The molecule has 0 saturated heterocycles. The second-order valence-corrected chi connectivity index (χ2v) is 5.30. The predicted molar refractivity (Wildman–Crippen MR) is 78.2 cm³/mol. The van der Waals surface area contributed by atoms with Crippen LogP contribution in [0.25, 0.3) is 0 Å². The van der Waals surface area contributed by atoms with Crippen molar-refractivity contribution >= 4 is 22.0 Å². The summed E-state index contributed by atoms with van der Waals surface area (Å²) in [6, 6.07) is 4.65. The first kappa shape index (κ1) is 17.1. The molecule has 1 amide bonds. The van der Waals surface area contributed by atoms with Gasteiger partial charge in [-0.15, -0.1) is 0 Å². The van der Waals surface area contributed by atoms with Crippen LogP contribution in [-0.2, 0) is 21.5 Å². The third-order valence-electron chi connectivity index (χ3n) is 2.33. The molecule has 0 bridgehead atoms. The zero-order valence-corrected chi connectivity index (χ0v) is 12.7. The lowest BCUT2D eigenvalue weighted by molar-refractivity contribution is 0.159. The van der Waals surface area contributed by atoms with E-state index in [1.807, 2.05) is 6.92 Å². The molecule has 9 heteroatoms. The number of hydrogen-bond donors (Lipinski definition) is 3. The fourth-order valence-corrected chi connectivity index (χ4v) is 2.32. The molecule has 1 aromatic rings. The minimum Gasteiger partial charge on any atom is -0.494 e. The Hall–Kier alpha value is -2.00. The van der Waals surface area contributed by atoms with Gasteiger partial charge < -0.3 is 15.2 Å². The molecule has 4 N–H and O–H groups in total. The number of carbonyl (C=O) groups excluding carboxylic acids is 1. The molecule has 0 unspecified atom stereocenters. The molecule has 0 radical (unpaired) electrons. The number of benzene rings is 1. The van der Waals surface area contributed by atoms with Gasteiger partial charge >= 0.3 is 16.3 Å². The van der Waals surface area contributed by atoms with Gasteiger partial charge in [-0.3, -0.25) is 4.72 Å². The zero-order chi connectivity index (χ0) is 15.9. The highest BCUT2D eigenvalue weighted by Gasteiger charge is 2.15. The van der Waals surface area contributed by atoms with Gasteiger partial charge in [0.05, 0.1) is 18.9 Å². The van der Waals surface area contributed by atoms with Crippen molar-refractivity contribution in [2.45, 2.75) is 20.4 Å². The molecule has 1 aromatic carbocycles. The topological polar surface area (TPSA) is 120 Å². The molecule has 0 heterocycles. The number of anilines is 1. The average molecular weight is 317 g/mol. The van der Waals surface area contributed by atoms with Gasteiger partial charge in [-0.1, -0.05) is 0 Å². The first-order valence-electron chi connectivity index (χ1n) is 6.35. The average Bonchev–Trinajstić information content (AvgIpc) is 2.39. The van der Waals surface area contributed by atoms with Crippen molar-refractivity contribution < 1.29 is 22.7 Å². The highest BCUT2D eigenvalue weighted by Crippen LogP contribution is 2.23. The number of rotatable bonds is 7. The van der Waals surface area contributed by atoms with Gasteiger partial charge in [-0.2, -0.15) is 8.42 Å². The van der Waals surface area contributed by atoms with Gasteiger partial charge in [0, 0.05) is 12.1 Å². The monoisotopic (exact) mass is 317 g/mol. The molecule has 0 fully saturated rings. The lowest BCUT2D eigenvalue weighted by Gasteiger charge is -2.13. The third-order valence-corrected chi connectivity index (χ3v) is 3.27. The Bertz CT molecular complexity index is 589. The SMILES string of the molecule is CCOC(=O)NS(=O)(=O)Nc1ccc(OCC)c(CN)c1. The van der Waals surface area contributed by atoms with Crippen molar-refractivity contribution in [3.8, 4) is 5.75 Å². The van der Waals surface area contributed by atoms with Crippen LogP contribution in [-0.4, -0.2) is 27.7 Å². The maximum Gasteiger partial charge on any atom is 0.422 e. The number of hydrogen-bond acceptors (Lipinski definition) is 6. The molecule has 0 atom stereocenters. The van der Waals surface area contributed by atoms with Crippen LogP contribution >= 0.6 is 0 Å². The summed E-state index contributed by atoms with van der Waals surface area (Å²) in [7, 11) is -4.06. The van der Waals surface area contributed by atoms with Crippen LogP contribution in [0.15, 0.2) is 18.2 Å². The number of nitrogens with one attached hydrogen (secondary N) is 2. The van der Waals surface area contributed by atoms with Crippen LogP contribution in [0.3, 0.4) is 0 Å². The van der Waals surface area contributed by atoms with Crippen LogP contribution in [0.4, 0.5) is 10.5 Å². The van der Waals surface area contributed by atoms with Gasteiger partial charge in [0.1, 0.15) is 5.75 Å². The van der Waals surface area contributed by atoms with E-state index < -0.39 is 16.3 Å². The molecule has 0 saturated carbocycles. The standard InChI is InChI=1S/C12H19N3O5S/c1-3-19-11-6-5-10(7-9(11)8-13)14-21(17,18)15-12(16)20-4-2/h5-7,14H,3-4,8,13H2,1-2H3,(H,15,16). The molecule has 0 aliphatic heterocycles. The maximum absolute atomic E-state index is 11.7. The number of nitrogens with two attached hydrogens (primary N) is 1. The van der Waals surface area contributed by atoms with E-state index in [0.29, 0.717) is 17.9 Å². The van der Waals surface area contributed by atoms with Crippen LogP contribution in [0.5, 0.6) is 5.75 Å². The van der Waals surface area contributed by atoms with E-state index in [1.165, 1.54) is 12.1 Å². The quantitative estimate of drug-likeness (QED) is 0.688. The lowest BCUT2D eigenvalue weighted by Crippen LogP contribution is -2.35. The molecular formula is C12H19N3O5S. The van der Waals surface area contributed by atoms with Gasteiger partial charge in [-0.05, 0) is 32.0 Å². The first-order valence-corrected chi connectivity index (χ1v) is 7.83. The van der Waals surface area contributed by atoms with Crippen molar-refractivity contribution in [3.05, 3.63) is 23.8 Å². The van der Waals surface area contributed by atoms with Crippen LogP contribution in [0.1, 0.15) is 19.4 Å². The molecule has 118 valence electrons. The van der Waals surface area contributed by atoms with Crippen molar-refractivity contribution in [2.75, 3.05) is 17.9 Å². The lowest BCUT2D eigenvalue weighted by atomic mass is 10.2. The molecular weight excluding hydrogens is 298 g/mol. The smallest absolute Gasteiger partial charge is 0.422 e. The summed E-state index contributed by atoms with van der Waals surface area (Å²) in [6.07, 6.45) is -1.05. The minimum atomic E-state index is -4.06. The summed E-state index contributed by atoms with van der Waals surface area (Å²) < 4.78 is 37.2. The maximum atomic E-state index is 11.7. The Labute approximate surface area is 123 Å². The molecule has 0 spiro atoms. The Morgan fingerprint density at radius 2 is 2.00 bits per heavy atom. The highest BCUT2D eigenvalue weighted by atomic mass is 32.2. The van der Waals surface area contributed by atoms with Crippen LogP contribution in [0, 0.1) is 0 Å². The summed E-state index contributed by atoms with van der Waals surface area (Å²) in [6.45, 7) is 4.14. The van der Waals surface area contributed by atoms with Gasteiger partial charge in [0.15, 0.2) is 0 Å². The second kappa shape index (κ2) is 7.70. The third kappa shape index (κ3) is 5.48. The predicted octanol–water partition coefficient (Wildman–Crippen LogP) is 0.947. The van der Waals surface area contributed by atoms with Crippen molar-refractivity contribution in [3.63, 3.8) is 0 Å². The fourth-order valence-electron chi connectivity index (χ4n) is 1.55. The van der Waals surface area contributed by atoms with Gasteiger partial charge in [0.2, 0.25) is 0 Å². The molecule has 8 nitrogen and oxygen atoms in total. The number of amides is 1. The Morgan fingerprint density at radius 1 is 1.29 bits per heavy atom. The normalized spacial score (nSPS) is 10.8. The summed E-state index contributed by atoms with van der Waals surface area (Å²) in [5.74, 6) is 0.585. The molecule has 21 heavy (non-hydrogen) atoms. The van der Waals surface area contributed by atoms with Gasteiger partial charge in [0.25, 0.3) is 0 Å². The van der Waals surface area contributed by atoms with E-state index >= 15 is 0 Å². The fraction of sp³-hybridized carbons (Fsp3) is 0.417. The molecule has 0 aliphatic carbocycles. The Morgan fingerprint density at radius 3 is 2.57 bits per heavy atom. The van der Waals surface area contributed by atoms with Gasteiger partial charge in [-0.25, -0.2) is 9.52 Å². The van der Waals surface area contributed by atoms with Crippen molar-refractivity contribution in [1.82, 2.24) is 4.72 Å². The Balaban J connectivity index is 2.85. The first-order chi connectivity index (χ1) is 9.91. The number of ether oxygens (including phenoxy) is 2. The summed E-state index contributed by atoms with van der Waals surface area (Å²) in [5.41, 5.74) is 6.49. The van der Waals surface area contributed by atoms with Crippen LogP contribution < -0.4 is 19.9 Å². The van der Waals surface area contributed by atoms with E-state index in [-0.39, 0.29) is 18.8 Å². The van der Waals surface area contributed by atoms with E-state index in [9.17, 15) is 13.2 Å². The second-order valence-electron chi connectivity index (χ2n) is 3.89.